The monoisotopic (exact) mass is 326 g/mol. The summed E-state index contributed by atoms with van der Waals surface area (Å²) < 4.78 is 32.4. The summed E-state index contributed by atoms with van der Waals surface area (Å²) in [5.74, 6) is -2.42. The average Bonchev–Trinajstić information content (AvgIpc) is 2.34. The van der Waals surface area contributed by atoms with Crippen LogP contribution < -0.4 is 10.5 Å². The zero-order valence-corrected chi connectivity index (χ0v) is 11.2. The molecule has 0 heterocycles. The highest BCUT2D eigenvalue weighted by atomic mass is 79.9. The van der Waals surface area contributed by atoms with Crippen molar-refractivity contribution in [1.82, 2.24) is 0 Å². The smallest absolute Gasteiger partial charge is 0.201 e. The van der Waals surface area contributed by atoms with Gasteiger partial charge >= 0.3 is 0 Å². The molecule has 0 radical (unpaired) electrons. The summed E-state index contributed by atoms with van der Waals surface area (Å²) in [7, 11) is 0. The molecule has 0 fully saturated rings. The van der Waals surface area contributed by atoms with Gasteiger partial charge in [0.15, 0.2) is 11.6 Å². The van der Waals surface area contributed by atoms with E-state index >= 15 is 0 Å². The number of ether oxygens (including phenoxy) is 1. The minimum atomic E-state index is -1.09. The topological polar surface area (TPSA) is 59.1 Å². The fraction of sp³-hybridized carbons (Fsp3) is 0. The van der Waals surface area contributed by atoms with E-state index in [0.29, 0.717) is 4.47 Å². The summed E-state index contributed by atoms with van der Waals surface area (Å²) in [6.45, 7) is 0. The van der Waals surface area contributed by atoms with Gasteiger partial charge in [-0.3, -0.25) is 5.41 Å². The van der Waals surface area contributed by atoms with Crippen molar-refractivity contribution in [1.29, 1.82) is 5.41 Å². The van der Waals surface area contributed by atoms with Crippen molar-refractivity contribution in [3.8, 4) is 11.5 Å². The molecule has 2 aromatic rings. The van der Waals surface area contributed by atoms with Crippen LogP contribution in [0.5, 0.6) is 11.5 Å². The first kappa shape index (κ1) is 13.5. The fourth-order valence-corrected chi connectivity index (χ4v) is 2.09. The van der Waals surface area contributed by atoms with E-state index in [0.717, 1.165) is 6.07 Å². The van der Waals surface area contributed by atoms with Gasteiger partial charge in [0, 0.05) is 4.47 Å². The van der Waals surface area contributed by atoms with E-state index in [1.807, 2.05) is 0 Å². The summed E-state index contributed by atoms with van der Waals surface area (Å²) in [4.78, 5) is 0. The predicted molar refractivity (Wildman–Crippen MR) is 71.6 cm³/mol. The number of hydrogen-bond donors (Lipinski definition) is 2. The van der Waals surface area contributed by atoms with E-state index < -0.39 is 11.6 Å². The lowest BCUT2D eigenvalue weighted by Gasteiger charge is -2.12. The zero-order chi connectivity index (χ0) is 14.0. The van der Waals surface area contributed by atoms with Gasteiger partial charge < -0.3 is 10.5 Å². The molecule has 98 valence electrons. The lowest BCUT2D eigenvalue weighted by molar-refractivity contribution is 0.415. The molecule has 0 amide bonds. The maximum Gasteiger partial charge on any atom is 0.201 e. The number of nitrogen functional groups attached to an aromatic ring is 1. The third-order valence-corrected chi connectivity index (χ3v) is 3.04. The summed E-state index contributed by atoms with van der Waals surface area (Å²) in [5.41, 5.74) is 5.73. The highest BCUT2D eigenvalue weighted by Gasteiger charge is 2.15. The summed E-state index contributed by atoms with van der Waals surface area (Å²) >= 11 is 3.23. The Morgan fingerprint density at radius 2 is 1.74 bits per heavy atom. The van der Waals surface area contributed by atoms with Crippen LogP contribution in [0.4, 0.5) is 8.78 Å². The van der Waals surface area contributed by atoms with Crippen molar-refractivity contribution in [2.24, 2.45) is 5.73 Å². The third kappa shape index (κ3) is 2.73. The Morgan fingerprint density at radius 1 is 1.11 bits per heavy atom. The Labute approximate surface area is 116 Å². The quantitative estimate of drug-likeness (QED) is 0.665. The van der Waals surface area contributed by atoms with E-state index in [2.05, 4.69) is 15.9 Å². The fourth-order valence-electron chi connectivity index (χ4n) is 1.53. The van der Waals surface area contributed by atoms with Gasteiger partial charge in [-0.1, -0.05) is 12.1 Å². The minimum Gasteiger partial charge on any atom is -0.453 e. The second kappa shape index (κ2) is 5.36. The van der Waals surface area contributed by atoms with Gasteiger partial charge in [-0.15, -0.1) is 0 Å². The van der Waals surface area contributed by atoms with Gasteiger partial charge in [0.2, 0.25) is 5.82 Å². The number of halogens is 3. The summed E-state index contributed by atoms with van der Waals surface area (Å²) in [6, 6.07) is 8.46. The van der Waals surface area contributed by atoms with Crippen LogP contribution >= 0.6 is 15.9 Å². The van der Waals surface area contributed by atoms with Crippen LogP contribution in [0.15, 0.2) is 40.9 Å². The Morgan fingerprint density at radius 3 is 2.42 bits per heavy atom. The predicted octanol–water partition coefficient (Wildman–Crippen LogP) is 3.80. The Bertz CT molecular complexity index is 647. The van der Waals surface area contributed by atoms with Crippen LogP contribution in [-0.2, 0) is 0 Å². The maximum absolute atomic E-state index is 13.5. The number of hydrogen-bond acceptors (Lipinski definition) is 2. The lowest BCUT2D eigenvalue weighted by atomic mass is 10.2. The maximum atomic E-state index is 13.5. The van der Waals surface area contributed by atoms with Gasteiger partial charge in [-0.05, 0) is 40.2 Å². The number of amidine groups is 1. The van der Waals surface area contributed by atoms with Crippen LogP contribution in [0.2, 0.25) is 0 Å². The molecule has 0 saturated carbocycles. The van der Waals surface area contributed by atoms with Crippen molar-refractivity contribution in [2.45, 2.75) is 0 Å². The van der Waals surface area contributed by atoms with Crippen molar-refractivity contribution in [3.05, 3.63) is 58.1 Å². The molecule has 3 nitrogen and oxygen atoms in total. The Balaban J connectivity index is 2.47. The van der Waals surface area contributed by atoms with E-state index in [1.54, 1.807) is 12.1 Å². The second-order valence-electron chi connectivity index (χ2n) is 3.68. The first-order valence-electron chi connectivity index (χ1n) is 5.25. The summed E-state index contributed by atoms with van der Waals surface area (Å²) in [5, 5.41) is 7.48. The first-order valence-corrected chi connectivity index (χ1v) is 6.04. The molecule has 0 aliphatic heterocycles. The lowest BCUT2D eigenvalue weighted by Crippen LogP contribution is -2.13. The van der Waals surface area contributed by atoms with E-state index in [4.69, 9.17) is 15.9 Å². The standard InChI is InChI=1S/C13H9BrF2N2O/c14-7-3-1-5-9(11(7)13(17)18)19-10-6-2-4-8(15)12(10)16/h1-6H,(H3,17,18). The molecule has 0 bridgehead atoms. The Kier molecular flexibility index (Phi) is 3.80. The molecule has 0 aliphatic rings. The molecule has 3 N–H and O–H groups in total. The van der Waals surface area contributed by atoms with Crippen molar-refractivity contribution in [3.63, 3.8) is 0 Å². The molecule has 6 heteroatoms. The molecule has 0 spiro atoms. The second-order valence-corrected chi connectivity index (χ2v) is 4.53. The van der Waals surface area contributed by atoms with Gasteiger partial charge in [0.05, 0.1) is 5.56 Å². The highest BCUT2D eigenvalue weighted by Crippen LogP contribution is 2.32. The van der Waals surface area contributed by atoms with Crippen molar-refractivity contribution < 1.29 is 13.5 Å². The Hall–Kier alpha value is -1.95. The molecule has 0 aromatic heterocycles. The van der Waals surface area contributed by atoms with Crippen molar-refractivity contribution in [2.75, 3.05) is 0 Å². The van der Waals surface area contributed by atoms with E-state index in [-0.39, 0.29) is 22.9 Å². The number of benzene rings is 2. The molecule has 2 aromatic carbocycles. The zero-order valence-electron chi connectivity index (χ0n) is 9.58. The van der Waals surface area contributed by atoms with Gasteiger partial charge in [0.1, 0.15) is 11.6 Å². The van der Waals surface area contributed by atoms with Crippen LogP contribution in [-0.4, -0.2) is 5.84 Å². The molecule has 0 atom stereocenters. The van der Waals surface area contributed by atoms with Gasteiger partial charge in [-0.2, -0.15) is 4.39 Å². The number of rotatable bonds is 3. The van der Waals surface area contributed by atoms with Crippen LogP contribution in [0, 0.1) is 17.0 Å². The van der Waals surface area contributed by atoms with Crippen molar-refractivity contribution >= 4 is 21.8 Å². The van der Waals surface area contributed by atoms with Crippen LogP contribution in [0.1, 0.15) is 5.56 Å². The third-order valence-electron chi connectivity index (χ3n) is 2.38. The van der Waals surface area contributed by atoms with Crippen LogP contribution in [0.3, 0.4) is 0 Å². The molecule has 0 unspecified atom stereocenters. The summed E-state index contributed by atoms with van der Waals surface area (Å²) in [6.07, 6.45) is 0. The molecular formula is C13H9BrF2N2O. The molecule has 0 aliphatic carbocycles. The normalized spacial score (nSPS) is 10.3. The average molecular weight is 327 g/mol. The largest absolute Gasteiger partial charge is 0.453 e. The van der Waals surface area contributed by atoms with Gasteiger partial charge in [-0.25, -0.2) is 4.39 Å². The van der Waals surface area contributed by atoms with Crippen LogP contribution in [0.25, 0.3) is 0 Å². The number of nitrogens with one attached hydrogen (secondary N) is 1. The number of nitrogens with two attached hydrogens (primary N) is 1. The van der Waals surface area contributed by atoms with E-state index in [1.165, 1.54) is 18.2 Å². The minimum absolute atomic E-state index is 0.173. The molecule has 19 heavy (non-hydrogen) atoms. The molecule has 0 saturated heterocycles. The van der Waals surface area contributed by atoms with Gasteiger partial charge in [0.25, 0.3) is 0 Å². The highest BCUT2D eigenvalue weighted by molar-refractivity contribution is 9.10. The van der Waals surface area contributed by atoms with E-state index in [9.17, 15) is 8.78 Å². The molecule has 2 rings (SSSR count). The first-order chi connectivity index (χ1) is 9.00. The molecular weight excluding hydrogens is 318 g/mol. The SMILES string of the molecule is N=C(N)c1c(Br)cccc1Oc1cccc(F)c1F.